The zero-order valence-corrected chi connectivity index (χ0v) is 50.7. The quantitative estimate of drug-likeness (QED) is 0.0225. The Bertz CT molecular complexity index is 3260. The van der Waals surface area contributed by atoms with Crippen molar-refractivity contribution in [1.29, 1.82) is 0 Å². The summed E-state index contributed by atoms with van der Waals surface area (Å²) in [5.74, 6) is -1.16. The van der Waals surface area contributed by atoms with Crippen molar-refractivity contribution in [2.24, 2.45) is 5.92 Å². The maximum Gasteiger partial charge on any atom is 0.407 e. The second-order valence-corrected chi connectivity index (χ2v) is 22.6. The number of thiazole rings is 1. The minimum absolute atomic E-state index is 0.00207. The molecule has 4 heterocycles. The number of likely N-dealkylation sites (tertiary alicyclic amines) is 1. The molecule has 3 aliphatic rings. The number of ether oxygens (including phenoxy) is 4. The highest BCUT2D eigenvalue weighted by molar-refractivity contribution is 7.10. The van der Waals surface area contributed by atoms with Crippen LogP contribution >= 0.6 is 22.9 Å². The van der Waals surface area contributed by atoms with E-state index in [0.29, 0.717) is 84.4 Å². The molecule has 3 atom stereocenters. The number of carbonyl (C=O) groups excluding carboxylic acids is 6. The van der Waals surface area contributed by atoms with Crippen molar-refractivity contribution in [3.05, 3.63) is 123 Å². The molecule has 21 nitrogen and oxygen atoms in total. The van der Waals surface area contributed by atoms with Gasteiger partial charge in [-0.2, -0.15) is 4.98 Å². The fourth-order valence-corrected chi connectivity index (χ4v) is 12.2. The number of anilines is 2. The van der Waals surface area contributed by atoms with Crippen LogP contribution in [-0.4, -0.2) is 182 Å². The molecule has 2 aromatic heterocycles. The van der Waals surface area contributed by atoms with Crippen LogP contribution in [0.3, 0.4) is 0 Å². The fourth-order valence-electron chi connectivity index (χ4n) is 10.9. The third-order valence-corrected chi connectivity index (χ3v) is 16.9. The van der Waals surface area contributed by atoms with Gasteiger partial charge in [-0.3, -0.25) is 24.0 Å². The molecule has 24 heteroatoms. The maximum atomic E-state index is 17.0. The SMILES string of the molecule is C=CC(=O)N1CCN(c2nc(NCCC(=O)N(C)CCOCCOCCOc3cccc(C(=O)c4csc([C@@H]5CCCN5C(=O)C(NC(=O)C(C)OC(=O)NC)C5CCCCC5)n4)c3)nc3c(F)c(/C(=C/CO)c4ccccc4C)c(Cl)cc23)CC1. The van der Waals surface area contributed by atoms with Crippen LogP contribution in [0.4, 0.5) is 21.0 Å². The van der Waals surface area contributed by atoms with E-state index in [1.54, 1.807) is 57.5 Å². The number of rotatable bonds is 27. The Hall–Kier alpha value is -7.57. The predicted octanol–water partition coefficient (Wildman–Crippen LogP) is 7.52. The van der Waals surface area contributed by atoms with Crippen LogP contribution in [0.5, 0.6) is 5.75 Å². The fraction of sp³-hybridized carbons (Fsp3) is 0.468. The summed E-state index contributed by atoms with van der Waals surface area (Å²) in [5, 5.41) is 21.2. The molecular weight excluding hydrogens is 1150 g/mol. The van der Waals surface area contributed by atoms with Crippen LogP contribution in [0.2, 0.25) is 5.02 Å². The first kappa shape index (κ1) is 64.4. The molecule has 5 amide bonds. The zero-order valence-electron chi connectivity index (χ0n) is 49.1. The van der Waals surface area contributed by atoms with E-state index < -0.39 is 30.0 Å². The van der Waals surface area contributed by atoms with Gasteiger partial charge < -0.3 is 59.6 Å². The van der Waals surface area contributed by atoms with E-state index in [2.05, 4.69) is 27.5 Å². The summed E-state index contributed by atoms with van der Waals surface area (Å²) < 4.78 is 39.6. The van der Waals surface area contributed by atoms with Crippen LogP contribution in [0.1, 0.15) is 102 Å². The van der Waals surface area contributed by atoms with E-state index in [0.717, 1.165) is 44.1 Å². The van der Waals surface area contributed by atoms with Gasteiger partial charge in [-0.15, -0.1) is 11.3 Å². The number of piperazine rings is 1. The largest absolute Gasteiger partial charge is 0.491 e. The van der Waals surface area contributed by atoms with Crippen molar-refractivity contribution in [2.45, 2.75) is 83.4 Å². The van der Waals surface area contributed by atoms with Crippen molar-refractivity contribution < 1.29 is 57.2 Å². The number of hydrogen-bond acceptors (Lipinski definition) is 17. The molecule has 3 aromatic carbocycles. The van der Waals surface area contributed by atoms with Crippen LogP contribution < -0.4 is 25.6 Å². The van der Waals surface area contributed by atoms with Gasteiger partial charge in [-0.05, 0) is 86.4 Å². The lowest BCUT2D eigenvalue weighted by Crippen LogP contribution is -2.54. The first-order valence-electron chi connectivity index (χ1n) is 29.2. The number of benzene rings is 3. The molecule has 3 fully saturated rings. The first-order valence-corrected chi connectivity index (χ1v) is 30.4. The molecule has 0 bridgehead atoms. The Labute approximate surface area is 509 Å². The van der Waals surface area contributed by atoms with Gasteiger partial charge in [0.1, 0.15) is 40.4 Å². The number of nitrogens with one attached hydrogen (secondary N) is 3. The summed E-state index contributed by atoms with van der Waals surface area (Å²) in [6.45, 7) is 10.4. The number of ketones is 1. The summed E-state index contributed by atoms with van der Waals surface area (Å²) >= 11 is 8.22. The number of aliphatic hydroxyl groups excluding tert-OH is 1. The van der Waals surface area contributed by atoms with E-state index >= 15 is 4.39 Å². The lowest BCUT2D eigenvalue weighted by Gasteiger charge is -2.35. The Kier molecular flexibility index (Phi) is 23.4. The molecule has 0 spiro atoms. The Morgan fingerprint density at radius 3 is 2.40 bits per heavy atom. The number of aliphatic hydroxyl groups is 1. The highest BCUT2D eigenvalue weighted by atomic mass is 35.5. The summed E-state index contributed by atoms with van der Waals surface area (Å²) in [5.41, 5.74) is 2.69. The number of likely N-dealkylation sites (N-methyl/N-ethyl adjacent to an activating group) is 1. The third kappa shape index (κ3) is 16.3. The third-order valence-electron chi connectivity index (χ3n) is 15.6. The summed E-state index contributed by atoms with van der Waals surface area (Å²) in [7, 11) is 3.08. The van der Waals surface area contributed by atoms with Gasteiger partial charge in [-0.25, -0.2) is 19.2 Å². The normalized spacial score (nSPS) is 16.3. The van der Waals surface area contributed by atoms with Crippen molar-refractivity contribution >= 4 is 86.7 Å². The minimum Gasteiger partial charge on any atom is -0.491 e. The topological polar surface area (TPSA) is 247 Å². The monoisotopic (exact) mass is 1220 g/mol. The molecule has 460 valence electrons. The maximum absolute atomic E-state index is 17.0. The molecule has 1 saturated carbocycles. The number of carbonyl (C=O) groups is 6. The molecule has 1 aliphatic carbocycles. The number of hydrogen-bond donors (Lipinski definition) is 4. The van der Waals surface area contributed by atoms with Gasteiger partial charge in [-0.1, -0.05) is 79.9 Å². The van der Waals surface area contributed by atoms with Gasteiger partial charge >= 0.3 is 6.09 Å². The number of amides is 5. The standard InChI is InChI=1S/C62H76ClFN10O11S/c1-6-50(76)72-25-27-73(28-26-72)57-46-37-47(63)52(45(22-30-75)44-19-11-10-14-39(44)2)53(64)55(46)69-61(70-57)66-23-21-51(77)71(5)29-31-82-32-33-83-34-35-84-43-18-12-17-42(36-43)56(78)48-38-86-59(67-48)49-20-13-24-74(49)60(80)54(41-15-8-7-9-16-41)68-58(79)40(3)85-62(81)65-4/h6,10-12,14,17-19,22,36-38,40-41,49,54,75H,1,7-9,13,15-16,20-21,23-35H2,2-5H3,(H,65,81)(H,68,79)(H,66,69,70)/b45-22+/t40?,49-,54?/m0/s1. The molecule has 86 heavy (non-hydrogen) atoms. The van der Waals surface area contributed by atoms with Gasteiger partial charge in [0.2, 0.25) is 29.5 Å². The number of aromatic nitrogens is 3. The van der Waals surface area contributed by atoms with E-state index in [1.165, 1.54) is 37.5 Å². The molecule has 2 unspecified atom stereocenters. The van der Waals surface area contributed by atoms with E-state index in [-0.39, 0.29) is 116 Å². The van der Waals surface area contributed by atoms with Gasteiger partial charge in [0.05, 0.1) is 44.1 Å². The van der Waals surface area contributed by atoms with Crippen molar-refractivity contribution in [3.8, 4) is 5.75 Å². The van der Waals surface area contributed by atoms with Crippen molar-refractivity contribution in [2.75, 3.05) is 110 Å². The first-order chi connectivity index (χ1) is 41.6. The second kappa shape index (κ2) is 31.2. The number of aryl methyl sites for hydroxylation is 1. The van der Waals surface area contributed by atoms with Crippen molar-refractivity contribution in [3.63, 3.8) is 0 Å². The molecule has 4 N–H and O–H groups in total. The van der Waals surface area contributed by atoms with E-state index in [9.17, 15) is 33.9 Å². The average Bonchev–Trinajstić information content (AvgIpc) is 1.05. The predicted molar refractivity (Wildman–Crippen MR) is 326 cm³/mol. The van der Waals surface area contributed by atoms with Gasteiger partial charge in [0.15, 0.2) is 11.9 Å². The smallest absolute Gasteiger partial charge is 0.407 e. The van der Waals surface area contributed by atoms with E-state index in [1.807, 2.05) is 36.1 Å². The second-order valence-electron chi connectivity index (χ2n) is 21.3. The lowest BCUT2D eigenvalue weighted by molar-refractivity contribution is -0.141. The van der Waals surface area contributed by atoms with Crippen LogP contribution in [0.15, 0.2) is 78.7 Å². The zero-order chi connectivity index (χ0) is 61.3. The van der Waals surface area contributed by atoms with E-state index in [4.69, 9.17) is 40.5 Å². The minimum atomic E-state index is -1.09. The number of nitrogens with zero attached hydrogens (tertiary/aromatic N) is 7. The summed E-state index contributed by atoms with van der Waals surface area (Å²) in [6.07, 6.45) is 6.99. The molecule has 2 aliphatic heterocycles. The van der Waals surface area contributed by atoms with Crippen LogP contribution in [0.25, 0.3) is 16.5 Å². The average molecular weight is 1220 g/mol. The highest BCUT2D eigenvalue weighted by Gasteiger charge is 2.41. The Morgan fingerprint density at radius 1 is 0.919 bits per heavy atom. The lowest BCUT2D eigenvalue weighted by atomic mass is 9.83. The Morgan fingerprint density at radius 2 is 1.66 bits per heavy atom. The van der Waals surface area contributed by atoms with Gasteiger partial charge in [0.25, 0.3) is 5.91 Å². The molecule has 2 saturated heterocycles. The van der Waals surface area contributed by atoms with Crippen molar-refractivity contribution in [1.82, 2.24) is 40.3 Å². The van der Waals surface area contributed by atoms with Crippen LogP contribution in [-0.2, 0) is 33.4 Å². The van der Waals surface area contributed by atoms with Crippen LogP contribution in [0, 0.1) is 18.7 Å². The number of fused-ring (bicyclic) bond motifs is 1. The number of halogens is 2. The Balaban J connectivity index is 0.775. The van der Waals surface area contributed by atoms with Gasteiger partial charge in [0, 0.05) is 88.2 Å². The molecular formula is C62H76ClFN10O11S. The number of alkyl carbamates (subject to hydrolysis) is 1. The molecule has 5 aromatic rings. The summed E-state index contributed by atoms with van der Waals surface area (Å²) in [6, 6.07) is 14.7. The summed E-state index contributed by atoms with van der Waals surface area (Å²) in [4.78, 5) is 99.8. The highest BCUT2D eigenvalue weighted by Crippen LogP contribution is 2.40. The molecule has 8 rings (SSSR count). The molecule has 0 radical (unpaired) electrons.